The van der Waals surface area contributed by atoms with Crippen LogP contribution in [0.5, 0.6) is 0 Å². The monoisotopic (exact) mass is 239 g/mol. The van der Waals surface area contributed by atoms with E-state index in [0.717, 1.165) is 34.9 Å². The number of hydrogen-bond donors (Lipinski definition) is 1. The van der Waals surface area contributed by atoms with Gasteiger partial charge in [-0.05, 0) is 37.5 Å². The van der Waals surface area contributed by atoms with E-state index in [1.54, 1.807) is 17.8 Å². The second kappa shape index (κ2) is 3.16. The molecule has 1 aliphatic heterocycles. The third kappa shape index (κ3) is 1.37. The van der Waals surface area contributed by atoms with Gasteiger partial charge in [-0.25, -0.2) is 0 Å². The van der Waals surface area contributed by atoms with Crippen LogP contribution < -0.4 is 5.32 Å². The van der Waals surface area contributed by atoms with Gasteiger partial charge in [0.1, 0.15) is 0 Å². The van der Waals surface area contributed by atoms with Crippen molar-refractivity contribution in [2.45, 2.75) is 28.9 Å². The Hall–Kier alpha value is -0.670. The maximum Gasteiger partial charge on any atom is 0.241 e. The Kier molecular flexibility index (Phi) is 2.01. The molecule has 0 radical (unpaired) electrons. The second-order valence-corrected chi connectivity index (χ2v) is 5.91. The number of amides is 1. The summed E-state index contributed by atoms with van der Waals surface area (Å²) in [6.45, 7) is 0. The molecule has 0 bridgehead atoms. The molecule has 0 unspecified atom stereocenters. The van der Waals surface area contributed by atoms with Crippen molar-refractivity contribution < 1.29 is 4.79 Å². The summed E-state index contributed by atoms with van der Waals surface area (Å²) in [4.78, 5) is 13.0. The summed E-state index contributed by atoms with van der Waals surface area (Å²) >= 11 is 7.61. The predicted molar refractivity (Wildman–Crippen MR) is 62.5 cm³/mol. The number of thioether (sulfide) groups is 1. The van der Waals surface area contributed by atoms with E-state index in [0.29, 0.717) is 0 Å². The summed E-state index contributed by atoms with van der Waals surface area (Å²) < 4.78 is -0.197. The van der Waals surface area contributed by atoms with Crippen molar-refractivity contribution in [2.75, 3.05) is 5.32 Å². The molecular formula is C11H10ClNOS. The zero-order chi connectivity index (χ0) is 10.5. The van der Waals surface area contributed by atoms with Crippen LogP contribution in [0.2, 0.25) is 5.02 Å². The van der Waals surface area contributed by atoms with Gasteiger partial charge in [0.2, 0.25) is 5.91 Å². The zero-order valence-corrected chi connectivity index (χ0v) is 9.62. The molecule has 2 nitrogen and oxygen atoms in total. The van der Waals surface area contributed by atoms with E-state index in [9.17, 15) is 4.79 Å². The van der Waals surface area contributed by atoms with Gasteiger partial charge in [-0.2, -0.15) is 0 Å². The van der Waals surface area contributed by atoms with Crippen LogP contribution in [0.1, 0.15) is 19.3 Å². The summed E-state index contributed by atoms with van der Waals surface area (Å²) in [5, 5.41) is 3.69. The Morgan fingerprint density at radius 3 is 2.87 bits per heavy atom. The Bertz CT molecular complexity index is 442. The minimum absolute atomic E-state index is 0.161. The lowest BCUT2D eigenvalue weighted by Gasteiger charge is -2.42. The number of nitrogens with one attached hydrogen (secondary N) is 1. The fourth-order valence-electron chi connectivity index (χ4n) is 2.00. The first-order valence-electron chi connectivity index (χ1n) is 5.00. The molecule has 3 rings (SSSR count). The average Bonchev–Trinajstić information content (AvgIpc) is 2.15. The topological polar surface area (TPSA) is 29.1 Å². The van der Waals surface area contributed by atoms with Crippen LogP contribution in [-0.4, -0.2) is 10.7 Å². The molecule has 0 atom stereocenters. The molecule has 1 aromatic carbocycles. The predicted octanol–water partition coefficient (Wildman–Crippen LogP) is 3.31. The minimum Gasteiger partial charge on any atom is -0.324 e. The van der Waals surface area contributed by atoms with Gasteiger partial charge in [0.05, 0.1) is 10.4 Å². The van der Waals surface area contributed by atoms with E-state index in [4.69, 9.17) is 11.6 Å². The lowest BCUT2D eigenvalue weighted by molar-refractivity contribution is -0.120. The molecular weight excluding hydrogens is 230 g/mol. The van der Waals surface area contributed by atoms with Crippen LogP contribution in [0.4, 0.5) is 5.69 Å². The number of hydrogen-bond acceptors (Lipinski definition) is 2. The Morgan fingerprint density at radius 1 is 1.40 bits per heavy atom. The Labute approximate surface area is 97.4 Å². The van der Waals surface area contributed by atoms with Crippen molar-refractivity contribution in [2.24, 2.45) is 0 Å². The molecule has 78 valence electrons. The number of halogens is 1. The van der Waals surface area contributed by atoms with Gasteiger partial charge in [0.15, 0.2) is 0 Å². The molecule has 1 saturated carbocycles. The van der Waals surface area contributed by atoms with Crippen LogP contribution in [0.15, 0.2) is 23.1 Å². The van der Waals surface area contributed by atoms with Crippen LogP contribution in [0.3, 0.4) is 0 Å². The van der Waals surface area contributed by atoms with Gasteiger partial charge >= 0.3 is 0 Å². The molecule has 1 heterocycles. The quantitative estimate of drug-likeness (QED) is 0.753. The van der Waals surface area contributed by atoms with E-state index in [1.165, 1.54) is 0 Å². The van der Waals surface area contributed by atoms with E-state index in [2.05, 4.69) is 5.32 Å². The third-order valence-electron chi connectivity index (χ3n) is 3.07. The van der Waals surface area contributed by atoms with Crippen LogP contribution in [0.25, 0.3) is 0 Å². The smallest absolute Gasteiger partial charge is 0.241 e. The molecule has 4 heteroatoms. The highest BCUT2D eigenvalue weighted by molar-refractivity contribution is 8.01. The fraction of sp³-hybridized carbons (Fsp3) is 0.364. The maximum atomic E-state index is 11.9. The van der Waals surface area contributed by atoms with Gasteiger partial charge in [-0.1, -0.05) is 11.6 Å². The number of carbonyl (C=O) groups excluding carboxylic acids is 1. The highest BCUT2D eigenvalue weighted by atomic mass is 35.5. The van der Waals surface area contributed by atoms with E-state index >= 15 is 0 Å². The molecule has 1 N–H and O–H groups in total. The molecule has 1 fully saturated rings. The normalized spacial score (nSPS) is 21.8. The van der Waals surface area contributed by atoms with E-state index in [-0.39, 0.29) is 10.7 Å². The number of fused-ring (bicyclic) bond motifs is 1. The Morgan fingerprint density at radius 2 is 2.20 bits per heavy atom. The molecule has 15 heavy (non-hydrogen) atoms. The molecule has 1 aromatic rings. The standard InChI is InChI=1S/C11H10ClNOS/c12-7-2-3-8-9(6-7)15-11(4-1-5-11)10(14)13-8/h2-3,6H,1,4-5H2,(H,13,14). The van der Waals surface area contributed by atoms with Crippen LogP contribution >= 0.6 is 23.4 Å². The van der Waals surface area contributed by atoms with Crippen molar-refractivity contribution >= 4 is 35.0 Å². The summed E-state index contributed by atoms with van der Waals surface area (Å²) in [7, 11) is 0. The van der Waals surface area contributed by atoms with Crippen molar-refractivity contribution in [1.29, 1.82) is 0 Å². The molecule has 1 amide bonds. The van der Waals surface area contributed by atoms with Gasteiger partial charge < -0.3 is 5.32 Å². The lowest BCUT2D eigenvalue weighted by atomic mass is 9.83. The molecule has 1 aliphatic carbocycles. The highest BCUT2D eigenvalue weighted by Gasteiger charge is 2.47. The molecule has 0 aromatic heterocycles. The SMILES string of the molecule is O=C1Nc2ccc(Cl)cc2SC12CCC2. The zero-order valence-electron chi connectivity index (χ0n) is 8.05. The summed E-state index contributed by atoms with van der Waals surface area (Å²) in [6.07, 6.45) is 3.11. The first kappa shape index (κ1) is 9.55. The minimum atomic E-state index is -0.197. The summed E-state index contributed by atoms with van der Waals surface area (Å²) in [6, 6.07) is 5.61. The molecule has 0 saturated heterocycles. The van der Waals surface area contributed by atoms with Gasteiger partial charge in [-0.3, -0.25) is 4.79 Å². The van der Waals surface area contributed by atoms with Gasteiger partial charge in [0.25, 0.3) is 0 Å². The maximum absolute atomic E-state index is 11.9. The third-order valence-corrected chi connectivity index (χ3v) is 4.85. The average molecular weight is 240 g/mol. The number of carbonyl (C=O) groups is 1. The molecule has 2 aliphatic rings. The first-order chi connectivity index (χ1) is 7.20. The van der Waals surface area contributed by atoms with Crippen molar-refractivity contribution in [3.8, 4) is 0 Å². The van der Waals surface area contributed by atoms with Crippen molar-refractivity contribution in [3.05, 3.63) is 23.2 Å². The van der Waals surface area contributed by atoms with Gasteiger partial charge in [0, 0.05) is 9.92 Å². The Balaban J connectivity index is 2.03. The van der Waals surface area contributed by atoms with Crippen molar-refractivity contribution in [1.82, 2.24) is 0 Å². The molecule has 1 spiro atoms. The largest absolute Gasteiger partial charge is 0.324 e. The number of anilines is 1. The van der Waals surface area contributed by atoms with Crippen molar-refractivity contribution in [3.63, 3.8) is 0 Å². The van der Waals surface area contributed by atoms with Crippen LogP contribution in [0, 0.1) is 0 Å². The van der Waals surface area contributed by atoms with E-state index in [1.807, 2.05) is 12.1 Å². The summed E-state index contributed by atoms with van der Waals surface area (Å²) in [5.74, 6) is 0.161. The van der Waals surface area contributed by atoms with Crippen LogP contribution in [-0.2, 0) is 4.79 Å². The van der Waals surface area contributed by atoms with Gasteiger partial charge in [-0.15, -0.1) is 11.8 Å². The number of benzene rings is 1. The second-order valence-electron chi connectivity index (χ2n) is 4.04. The fourth-order valence-corrected chi connectivity index (χ4v) is 3.71. The first-order valence-corrected chi connectivity index (χ1v) is 6.19. The number of rotatable bonds is 0. The van der Waals surface area contributed by atoms with E-state index < -0.39 is 0 Å². The highest BCUT2D eigenvalue weighted by Crippen LogP contribution is 2.53. The summed E-state index contributed by atoms with van der Waals surface area (Å²) in [5.41, 5.74) is 0.895. The lowest BCUT2D eigenvalue weighted by Crippen LogP contribution is -2.47.